The van der Waals surface area contributed by atoms with Crippen molar-refractivity contribution >= 4 is 0 Å². The molecule has 0 aromatic rings. The van der Waals surface area contributed by atoms with Gasteiger partial charge in [-0.15, -0.1) is 0 Å². The average molecular weight is 671 g/mol. The second-order valence-corrected chi connectivity index (χ2v) is 19.6. The maximum atomic E-state index is 11.0. The smallest absolute Gasteiger partial charge is 0.170 e. The zero-order valence-corrected chi connectivity index (χ0v) is 31.0. The third-order valence-electron chi connectivity index (χ3n) is 16.9. The second-order valence-electron chi connectivity index (χ2n) is 19.6. The van der Waals surface area contributed by atoms with Gasteiger partial charge in [0.15, 0.2) is 6.29 Å². The molecule has 4 heterocycles. The van der Waals surface area contributed by atoms with Gasteiger partial charge in [-0.3, -0.25) is 9.80 Å². The van der Waals surface area contributed by atoms with Gasteiger partial charge in [-0.1, -0.05) is 20.8 Å². The fraction of sp³-hybridized carbons (Fsp3) is 1.00. The molecule has 2 spiro atoms. The Labute approximate surface area is 290 Å². The summed E-state index contributed by atoms with van der Waals surface area (Å²) in [6.45, 7) is 21.1. The summed E-state index contributed by atoms with van der Waals surface area (Å²) in [6, 6.07) is 1.30. The lowest BCUT2D eigenvalue weighted by atomic mass is 9.46. The first kappa shape index (κ1) is 33.5. The lowest BCUT2D eigenvalue weighted by Crippen LogP contribution is -2.68. The van der Waals surface area contributed by atoms with Gasteiger partial charge in [-0.25, -0.2) is 0 Å². The molecule has 0 amide bonds. The topological polar surface area (TPSA) is 72.9 Å². The molecule has 9 aliphatic rings. The van der Waals surface area contributed by atoms with Crippen molar-refractivity contribution in [3.05, 3.63) is 0 Å². The summed E-state index contributed by atoms with van der Waals surface area (Å²) < 4.78 is 31.9. The van der Waals surface area contributed by atoms with E-state index in [1.807, 2.05) is 20.8 Å². The number of aliphatic hydroxyl groups is 1. The Kier molecular flexibility index (Phi) is 8.09. The van der Waals surface area contributed by atoms with Crippen LogP contribution in [-0.4, -0.2) is 116 Å². The zero-order valence-electron chi connectivity index (χ0n) is 31.0. The van der Waals surface area contributed by atoms with Crippen LogP contribution in [-0.2, 0) is 23.7 Å². The van der Waals surface area contributed by atoms with Crippen LogP contribution >= 0.6 is 0 Å². The first-order valence-electron chi connectivity index (χ1n) is 20.2. The molecule has 5 saturated carbocycles. The Hall–Kier alpha value is -0.320. The van der Waals surface area contributed by atoms with Crippen molar-refractivity contribution in [2.24, 2.45) is 45.3 Å². The van der Waals surface area contributed by atoms with E-state index < -0.39 is 5.60 Å². The van der Waals surface area contributed by atoms with Crippen LogP contribution in [0.3, 0.4) is 0 Å². The van der Waals surface area contributed by atoms with Gasteiger partial charge < -0.3 is 28.8 Å². The Morgan fingerprint density at radius 1 is 0.875 bits per heavy atom. The van der Waals surface area contributed by atoms with Crippen LogP contribution in [0.5, 0.6) is 0 Å². The molecule has 272 valence electrons. The van der Waals surface area contributed by atoms with Gasteiger partial charge in [-0.05, 0) is 130 Å². The number of hydrogen-bond donors (Lipinski definition) is 1. The van der Waals surface area contributed by atoms with E-state index in [-0.39, 0.29) is 30.0 Å². The van der Waals surface area contributed by atoms with E-state index in [1.165, 1.54) is 70.9 Å². The van der Waals surface area contributed by atoms with Crippen molar-refractivity contribution in [1.29, 1.82) is 0 Å². The van der Waals surface area contributed by atoms with Crippen LogP contribution in [0.2, 0.25) is 0 Å². The predicted molar refractivity (Wildman–Crippen MR) is 183 cm³/mol. The summed E-state index contributed by atoms with van der Waals surface area (Å²) in [5.74, 6) is 3.01. The molecule has 8 nitrogen and oxygen atoms in total. The maximum absolute atomic E-state index is 11.0. The van der Waals surface area contributed by atoms with Gasteiger partial charge in [-0.2, -0.15) is 0 Å². The summed E-state index contributed by atoms with van der Waals surface area (Å²) in [5.41, 5.74) is 0.713. The molecule has 4 aliphatic heterocycles. The lowest BCUT2D eigenvalue weighted by molar-refractivity contribution is -0.251. The summed E-state index contributed by atoms with van der Waals surface area (Å²) in [4.78, 5) is 5.24. The Bertz CT molecular complexity index is 1210. The Morgan fingerprint density at radius 3 is 2.40 bits per heavy atom. The summed E-state index contributed by atoms with van der Waals surface area (Å²) in [5, 5.41) is 11.0. The molecule has 5 aliphatic carbocycles. The van der Waals surface area contributed by atoms with E-state index in [0.717, 1.165) is 57.1 Å². The molecule has 9 rings (SSSR count). The van der Waals surface area contributed by atoms with E-state index in [9.17, 15) is 5.11 Å². The molecule has 48 heavy (non-hydrogen) atoms. The molecular formula is C40H66N2O6. The van der Waals surface area contributed by atoms with Gasteiger partial charge in [0, 0.05) is 38.8 Å². The van der Waals surface area contributed by atoms with Crippen molar-refractivity contribution < 1.29 is 28.8 Å². The number of hydrogen-bond acceptors (Lipinski definition) is 8. The lowest BCUT2D eigenvalue weighted by Gasteiger charge is -2.60. The zero-order chi connectivity index (χ0) is 33.3. The molecular weight excluding hydrogens is 604 g/mol. The maximum Gasteiger partial charge on any atom is 0.170 e. The molecule has 0 bridgehead atoms. The van der Waals surface area contributed by atoms with E-state index in [1.54, 1.807) is 0 Å². The minimum absolute atomic E-state index is 0.00550. The summed E-state index contributed by atoms with van der Waals surface area (Å²) in [6.07, 6.45) is 13.2. The highest BCUT2D eigenvalue weighted by Gasteiger charge is 2.80. The van der Waals surface area contributed by atoms with Crippen molar-refractivity contribution in [3.63, 3.8) is 0 Å². The van der Waals surface area contributed by atoms with Crippen molar-refractivity contribution in [1.82, 2.24) is 9.80 Å². The van der Waals surface area contributed by atoms with Crippen LogP contribution in [0.4, 0.5) is 0 Å². The van der Waals surface area contributed by atoms with E-state index in [0.29, 0.717) is 47.0 Å². The standard InChI is InChI=1S/C40H66N2O6/c1-7-45-35(37(4,5)43)30-10-8-28-31(47-30)18-29-27-9-11-32-36(2,3)33(12-13-40(32)24-39(27,40)15-14-38(28,29)6)48-34-21-41(16-17-46-34)25-19-42(20-25)26-22-44-23-26/h25-35,43H,7-24H2,1-6H3. The summed E-state index contributed by atoms with van der Waals surface area (Å²) >= 11 is 0. The number of rotatable bonds is 8. The van der Waals surface area contributed by atoms with E-state index >= 15 is 0 Å². The first-order valence-corrected chi connectivity index (χ1v) is 20.2. The molecule has 0 aromatic heterocycles. The molecule has 8 heteroatoms. The van der Waals surface area contributed by atoms with Crippen LogP contribution < -0.4 is 0 Å². The van der Waals surface area contributed by atoms with Gasteiger partial charge in [0.25, 0.3) is 0 Å². The largest absolute Gasteiger partial charge is 0.388 e. The van der Waals surface area contributed by atoms with Crippen molar-refractivity contribution in [2.75, 3.05) is 52.6 Å². The van der Waals surface area contributed by atoms with Crippen LogP contribution in [0.15, 0.2) is 0 Å². The Balaban J connectivity index is 0.859. The highest BCUT2D eigenvalue weighted by Crippen LogP contribution is 2.87. The number of fused-ring (bicyclic) bond motifs is 4. The van der Waals surface area contributed by atoms with E-state index in [2.05, 4.69) is 30.6 Å². The molecule has 12 unspecified atom stereocenters. The van der Waals surface area contributed by atoms with Crippen LogP contribution in [0, 0.1) is 45.3 Å². The van der Waals surface area contributed by atoms with Gasteiger partial charge in [0.2, 0.25) is 0 Å². The predicted octanol–water partition coefficient (Wildman–Crippen LogP) is 5.50. The molecule has 1 N–H and O–H groups in total. The number of ether oxygens (including phenoxy) is 5. The number of likely N-dealkylation sites (tertiary alicyclic amines) is 1. The number of morpholine rings is 1. The summed E-state index contributed by atoms with van der Waals surface area (Å²) in [7, 11) is 0. The first-order chi connectivity index (χ1) is 22.9. The second kappa shape index (κ2) is 11.6. The molecule has 0 aromatic carbocycles. The van der Waals surface area contributed by atoms with Crippen molar-refractivity contribution in [2.45, 2.75) is 154 Å². The van der Waals surface area contributed by atoms with Crippen LogP contribution in [0.25, 0.3) is 0 Å². The van der Waals surface area contributed by atoms with Crippen molar-refractivity contribution in [3.8, 4) is 0 Å². The number of nitrogens with zero attached hydrogens (tertiary/aromatic N) is 2. The third-order valence-corrected chi connectivity index (χ3v) is 16.9. The minimum Gasteiger partial charge on any atom is -0.388 e. The molecule has 12 atom stereocenters. The third kappa shape index (κ3) is 4.88. The van der Waals surface area contributed by atoms with Gasteiger partial charge in [0.05, 0.1) is 49.8 Å². The highest BCUT2D eigenvalue weighted by atomic mass is 16.7. The van der Waals surface area contributed by atoms with E-state index in [4.69, 9.17) is 23.7 Å². The average Bonchev–Trinajstić information content (AvgIpc) is 3.57. The quantitative estimate of drug-likeness (QED) is 0.364. The monoisotopic (exact) mass is 670 g/mol. The fourth-order valence-corrected chi connectivity index (χ4v) is 14.3. The SMILES string of the molecule is CCOC(C1CCC2C(CC3C4CCC5C(C)(C)C(OC6CN(C7CN(C8COC8)C7)CCO6)CCC56CC46CCC23C)O1)C(C)(C)O. The normalized spacial score (nSPS) is 49.8. The Morgan fingerprint density at radius 2 is 1.67 bits per heavy atom. The fourth-order valence-electron chi connectivity index (χ4n) is 14.3. The van der Waals surface area contributed by atoms with Crippen LogP contribution in [0.1, 0.15) is 106 Å². The molecule has 4 saturated heterocycles. The minimum atomic E-state index is -0.896. The molecule has 9 fully saturated rings. The van der Waals surface area contributed by atoms with Gasteiger partial charge in [0.1, 0.15) is 6.10 Å². The highest BCUT2D eigenvalue weighted by molar-refractivity contribution is 5.29. The van der Waals surface area contributed by atoms with Gasteiger partial charge >= 0.3 is 0 Å². The molecule has 0 radical (unpaired) electrons.